The average Bonchev–Trinajstić information content (AvgIpc) is 2.84. The Bertz CT molecular complexity index is 779. The minimum Gasteiger partial charge on any atom is -0.444 e. The third-order valence-electron chi connectivity index (χ3n) is 4.28. The highest BCUT2D eigenvalue weighted by Crippen LogP contribution is 2.29. The molecule has 0 N–H and O–H groups in total. The molecule has 3 heterocycles. The van der Waals surface area contributed by atoms with E-state index in [1.807, 2.05) is 20.8 Å². The fraction of sp³-hybridized carbons (Fsp3) is 0.588. The Morgan fingerprint density at radius 2 is 2.04 bits per heavy atom. The van der Waals surface area contributed by atoms with E-state index < -0.39 is 5.60 Å². The van der Waals surface area contributed by atoms with Gasteiger partial charge in [0.2, 0.25) is 0 Å². The number of hydrogen-bond acceptors (Lipinski definition) is 4. The molecule has 136 valence electrons. The van der Waals surface area contributed by atoms with Gasteiger partial charge in [0.05, 0.1) is 5.39 Å². The van der Waals surface area contributed by atoms with Crippen LogP contribution in [-0.4, -0.2) is 44.2 Å². The molecule has 0 unspecified atom stereocenters. The largest absolute Gasteiger partial charge is 0.444 e. The van der Waals surface area contributed by atoms with E-state index in [4.69, 9.17) is 16.3 Å². The van der Waals surface area contributed by atoms with Crippen molar-refractivity contribution in [2.24, 2.45) is 5.92 Å². The third kappa shape index (κ3) is 4.36. The van der Waals surface area contributed by atoms with Crippen LogP contribution in [0.4, 0.5) is 4.79 Å². The number of nitrogens with zero attached hydrogens (tertiary/aromatic N) is 4. The van der Waals surface area contributed by atoms with Crippen LogP contribution in [-0.2, 0) is 11.3 Å². The maximum absolute atomic E-state index is 12.2. The van der Waals surface area contributed by atoms with Crippen LogP contribution in [0.3, 0.4) is 0 Å². The molecular weight excluding hydrogens is 455 g/mol. The number of carbonyl (C=O) groups is 1. The smallest absolute Gasteiger partial charge is 0.410 e. The standard InChI is InChI=1S/C17H22ClIN4O2/c1-17(2,3)25-16(24)22-6-4-11(5-7-22)8-23-9-12(19)13-14(18)20-10-21-15(13)23/h9-11H,4-8H2,1-3H3. The third-order valence-corrected chi connectivity index (χ3v) is 5.39. The van der Waals surface area contributed by atoms with Crippen molar-refractivity contribution in [1.82, 2.24) is 19.4 Å². The number of likely N-dealkylation sites (tertiary alicyclic amines) is 1. The van der Waals surface area contributed by atoms with Crippen LogP contribution in [0.15, 0.2) is 12.5 Å². The van der Waals surface area contributed by atoms with Gasteiger partial charge in [-0.25, -0.2) is 14.8 Å². The van der Waals surface area contributed by atoms with Crippen molar-refractivity contribution in [2.75, 3.05) is 13.1 Å². The summed E-state index contributed by atoms with van der Waals surface area (Å²) < 4.78 is 8.66. The Morgan fingerprint density at radius 3 is 2.68 bits per heavy atom. The predicted octanol–water partition coefficient (Wildman–Crippen LogP) is 4.34. The normalized spacial score (nSPS) is 16.4. The second-order valence-electron chi connectivity index (χ2n) is 7.40. The summed E-state index contributed by atoms with van der Waals surface area (Å²) in [6.45, 7) is 8.00. The monoisotopic (exact) mass is 476 g/mol. The molecule has 1 aliphatic heterocycles. The molecule has 2 aromatic rings. The molecule has 0 atom stereocenters. The van der Waals surface area contributed by atoms with Gasteiger partial charge >= 0.3 is 6.09 Å². The van der Waals surface area contributed by atoms with Gasteiger partial charge in [-0.05, 0) is 62.1 Å². The average molecular weight is 477 g/mol. The highest BCUT2D eigenvalue weighted by atomic mass is 127. The number of ether oxygens (including phenoxy) is 1. The SMILES string of the molecule is CC(C)(C)OC(=O)N1CCC(Cn2cc(I)c3c(Cl)ncnc32)CC1. The molecule has 0 radical (unpaired) electrons. The molecule has 3 rings (SSSR count). The number of piperidine rings is 1. The maximum Gasteiger partial charge on any atom is 0.410 e. The molecule has 0 saturated carbocycles. The lowest BCUT2D eigenvalue weighted by molar-refractivity contribution is 0.0178. The highest BCUT2D eigenvalue weighted by molar-refractivity contribution is 14.1. The number of halogens is 2. The zero-order chi connectivity index (χ0) is 18.2. The van der Waals surface area contributed by atoms with E-state index in [1.54, 1.807) is 4.90 Å². The zero-order valence-electron chi connectivity index (χ0n) is 14.6. The quantitative estimate of drug-likeness (QED) is 0.478. The van der Waals surface area contributed by atoms with E-state index >= 15 is 0 Å². The number of amides is 1. The zero-order valence-corrected chi connectivity index (χ0v) is 17.5. The first-order valence-electron chi connectivity index (χ1n) is 8.37. The molecule has 1 saturated heterocycles. The molecule has 0 aromatic carbocycles. The van der Waals surface area contributed by atoms with Crippen LogP contribution >= 0.6 is 34.2 Å². The van der Waals surface area contributed by atoms with Gasteiger partial charge in [0, 0.05) is 29.4 Å². The maximum atomic E-state index is 12.2. The van der Waals surface area contributed by atoms with Crippen molar-refractivity contribution in [3.63, 3.8) is 0 Å². The Hall–Kier alpha value is -1.09. The van der Waals surface area contributed by atoms with Crippen molar-refractivity contribution >= 4 is 51.3 Å². The molecule has 1 aliphatic rings. The van der Waals surface area contributed by atoms with Crippen molar-refractivity contribution < 1.29 is 9.53 Å². The lowest BCUT2D eigenvalue weighted by Crippen LogP contribution is -2.42. The van der Waals surface area contributed by atoms with Crippen LogP contribution in [0.25, 0.3) is 11.0 Å². The van der Waals surface area contributed by atoms with Crippen molar-refractivity contribution in [3.05, 3.63) is 21.2 Å². The first-order chi connectivity index (χ1) is 11.7. The lowest BCUT2D eigenvalue weighted by atomic mass is 9.97. The van der Waals surface area contributed by atoms with E-state index in [1.165, 1.54) is 6.33 Å². The van der Waals surface area contributed by atoms with Crippen LogP contribution < -0.4 is 0 Å². The van der Waals surface area contributed by atoms with Crippen LogP contribution in [0.5, 0.6) is 0 Å². The number of hydrogen-bond donors (Lipinski definition) is 0. The fourth-order valence-electron chi connectivity index (χ4n) is 3.08. The topological polar surface area (TPSA) is 60.2 Å². The van der Waals surface area contributed by atoms with E-state index in [0.29, 0.717) is 11.1 Å². The summed E-state index contributed by atoms with van der Waals surface area (Å²) >= 11 is 8.47. The van der Waals surface area contributed by atoms with Crippen molar-refractivity contribution in [2.45, 2.75) is 45.8 Å². The van der Waals surface area contributed by atoms with Gasteiger partial charge in [-0.1, -0.05) is 11.6 Å². The summed E-state index contributed by atoms with van der Waals surface area (Å²) in [5.41, 5.74) is 0.423. The molecule has 25 heavy (non-hydrogen) atoms. The molecule has 8 heteroatoms. The number of carbonyl (C=O) groups excluding carboxylic acids is 1. The van der Waals surface area contributed by atoms with E-state index in [-0.39, 0.29) is 6.09 Å². The number of aromatic nitrogens is 3. The number of rotatable bonds is 2. The predicted molar refractivity (Wildman–Crippen MR) is 106 cm³/mol. The summed E-state index contributed by atoms with van der Waals surface area (Å²) in [4.78, 5) is 22.4. The first kappa shape index (κ1) is 18.7. The molecule has 6 nitrogen and oxygen atoms in total. The Balaban J connectivity index is 1.64. The van der Waals surface area contributed by atoms with Crippen molar-refractivity contribution in [3.8, 4) is 0 Å². The Morgan fingerprint density at radius 1 is 1.36 bits per heavy atom. The summed E-state index contributed by atoms with van der Waals surface area (Å²) in [5.74, 6) is 0.499. The summed E-state index contributed by atoms with van der Waals surface area (Å²) in [5, 5.41) is 1.41. The minimum atomic E-state index is -0.451. The molecule has 1 amide bonds. The molecule has 0 bridgehead atoms. The van der Waals surface area contributed by atoms with Gasteiger partial charge in [-0.15, -0.1) is 0 Å². The molecular formula is C17H22ClIN4O2. The second-order valence-corrected chi connectivity index (χ2v) is 8.92. The van der Waals surface area contributed by atoms with E-state index in [2.05, 4.69) is 43.3 Å². The summed E-state index contributed by atoms with van der Waals surface area (Å²) in [6.07, 6.45) is 5.27. The summed E-state index contributed by atoms with van der Waals surface area (Å²) in [7, 11) is 0. The van der Waals surface area contributed by atoms with Crippen molar-refractivity contribution in [1.29, 1.82) is 0 Å². The lowest BCUT2D eigenvalue weighted by Gasteiger charge is -2.33. The van der Waals surface area contributed by atoms with Crippen LogP contribution in [0.2, 0.25) is 5.15 Å². The molecule has 1 fully saturated rings. The van der Waals surface area contributed by atoms with Crippen LogP contribution in [0, 0.1) is 9.49 Å². The van der Waals surface area contributed by atoms with Gasteiger partial charge in [-0.3, -0.25) is 0 Å². The Kier molecular flexibility index (Phi) is 5.43. The van der Waals surface area contributed by atoms with Crippen LogP contribution in [0.1, 0.15) is 33.6 Å². The van der Waals surface area contributed by atoms with Gasteiger partial charge in [0.1, 0.15) is 22.7 Å². The van der Waals surface area contributed by atoms with Gasteiger partial charge in [0.15, 0.2) is 0 Å². The minimum absolute atomic E-state index is 0.216. The second kappa shape index (κ2) is 7.26. The Labute approximate surface area is 166 Å². The van der Waals surface area contributed by atoms with E-state index in [0.717, 1.165) is 47.1 Å². The van der Waals surface area contributed by atoms with E-state index in [9.17, 15) is 4.79 Å². The fourth-order valence-corrected chi connectivity index (χ4v) is 4.31. The molecule has 0 aliphatic carbocycles. The summed E-state index contributed by atoms with van der Waals surface area (Å²) in [6, 6.07) is 0. The highest BCUT2D eigenvalue weighted by Gasteiger charge is 2.27. The molecule has 0 spiro atoms. The first-order valence-corrected chi connectivity index (χ1v) is 9.83. The number of fused-ring (bicyclic) bond motifs is 1. The van der Waals surface area contributed by atoms with Gasteiger partial charge in [0.25, 0.3) is 0 Å². The molecule has 2 aromatic heterocycles. The van der Waals surface area contributed by atoms with Gasteiger partial charge < -0.3 is 14.2 Å². The van der Waals surface area contributed by atoms with Gasteiger partial charge in [-0.2, -0.15) is 0 Å².